The standard InChI is InChI=1S/C16H21ClN2/c1-11(8-16(3,4)5)9-19-10-12(2)14-13(19)6-7-18-15(14)17/h6-7,10H,1,8-9H2,2-5H3. The number of nitrogens with zero attached hydrogens (tertiary/aromatic N) is 2. The Labute approximate surface area is 120 Å². The summed E-state index contributed by atoms with van der Waals surface area (Å²) in [5, 5.41) is 1.63. The molecule has 0 atom stereocenters. The lowest BCUT2D eigenvalue weighted by Crippen LogP contribution is -2.09. The van der Waals surface area contributed by atoms with Gasteiger partial charge in [-0.1, -0.05) is 44.5 Å². The SMILES string of the molecule is C=C(Cn1cc(C)c2c(Cl)nccc21)CC(C)(C)C. The first-order valence-electron chi connectivity index (χ1n) is 6.54. The van der Waals surface area contributed by atoms with Crippen LogP contribution in [0.1, 0.15) is 32.8 Å². The molecule has 0 aliphatic heterocycles. The van der Waals surface area contributed by atoms with E-state index in [1.165, 1.54) is 5.57 Å². The van der Waals surface area contributed by atoms with Crippen molar-refractivity contribution in [2.45, 2.75) is 40.7 Å². The Bertz CT molecular complexity index is 617. The molecule has 3 heteroatoms. The lowest BCUT2D eigenvalue weighted by Gasteiger charge is -2.20. The molecule has 0 amide bonds. The Hall–Kier alpha value is -1.28. The highest BCUT2D eigenvalue weighted by atomic mass is 35.5. The van der Waals surface area contributed by atoms with Crippen molar-refractivity contribution >= 4 is 22.5 Å². The first kappa shape index (κ1) is 14.1. The minimum Gasteiger partial charge on any atom is -0.343 e. The smallest absolute Gasteiger partial charge is 0.138 e. The molecule has 2 aromatic heterocycles. The number of hydrogen-bond acceptors (Lipinski definition) is 1. The van der Waals surface area contributed by atoms with E-state index in [1.807, 2.05) is 6.07 Å². The summed E-state index contributed by atoms with van der Waals surface area (Å²) in [6.07, 6.45) is 4.91. The van der Waals surface area contributed by atoms with Gasteiger partial charge in [0.05, 0.1) is 5.52 Å². The van der Waals surface area contributed by atoms with E-state index in [2.05, 4.69) is 50.0 Å². The molecule has 0 aliphatic carbocycles. The predicted molar refractivity (Wildman–Crippen MR) is 82.7 cm³/mol. The van der Waals surface area contributed by atoms with Crippen molar-refractivity contribution < 1.29 is 0 Å². The number of pyridine rings is 1. The van der Waals surface area contributed by atoms with Gasteiger partial charge in [0.25, 0.3) is 0 Å². The predicted octanol–water partition coefficient (Wildman–Crippen LogP) is 4.99. The summed E-state index contributed by atoms with van der Waals surface area (Å²) in [4.78, 5) is 4.15. The largest absolute Gasteiger partial charge is 0.343 e. The minimum atomic E-state index is 0.272. The number of aromatic nitrogens is 2. The maximum Gasteiger partial charge on any atom is 0.138 e. The van der Waals surface area contributed by atoms with Gasteiger partial charge < -0.3 is 4.57 Å². The zero-order valence-corrected chi connectivity index (χ0v) is 12.9. The molecule has 0 N–H and O–H groups in total. The molecular weight excluding hydrogens is 256 g/mol. The second-order valence-corrected chi connectivity index (χ2v) is 6.78. The van der Waals surface area contributed by atoms with Crippen molar-refractivity contribution in [2.24, 2.45) is 5.41 Å². The van der Waals surface area contributed by atoms with Gasteiger partial charge in [0, 0.05) is 24.3 Å². The van der Waals surface area contributed by atoms with Crippen LogP contribution in [0.2, 0.25) is 5.15 Å². The summed E-state index contributed by atoms with van der Waals surface area (Å²) in [6, 6.07) is 2.01. The Morgan fingerprint density at radius 3 is 2.74 bits per heavy atom. The number of aryl methyl sites for hydroxylation is 1. The third kappa shape index (κ3) is 3.19. The van der Waals surface area contributed by atoms with Gasteiger partial charge in [-0.2, -0.15) is 0 Å². The molecule has 0 aromatic carbocycles. The van der Waals surface area contributed by atoms with Crippen LogP contribution in [0.25, 0.3) is 10.9 Å². The Kier molecular flexibility index (Phi) is 3.73. The van der Waals surface area contributed by atoms with Crippen LogP contribution in [-0.2, 0) is 6.54 Å². The third-order valence-corrected chi connectivity index (χ3v) is 3.40. The highest BCUT2D eigenvalue weighted by Gasteiger charge is 2.14. The molecule has 2 aromatic rings. The molecule has 0 bridgehead atoms. The fraction of sp³-hybridized carbons (Fsp3) is 0.438. The summed E-state index contributed by atoms with van der Waals surface area (Å²) in [7, 11) is 0. The normalized spacial score (nSPS) is 12.1. The van der Waals surface area contributed by atoms with E-state index in [4.69, 9.17) is 11.6 Å². The highest BCUT2D eigenvalue weighted by molar-refractivity contribution is 6.34. The first-order valence-corrected chi connectivity index (χ1v) is 6.92. The molecule has 0 saturated heterocycles. The van der Waals surface area contributed by atoms with Gasteiger partial charge in [-0.3, -0.25) is 0 Å². The minimum absolute atomic E-state index is 0.272. The topological polar surface area (TPSA) is 17.8 Å². The van der Waals surface area contributed by atoms with Crippen LogP contribution >= 0.6 is 11.6 Å². The molecule has 102 valence electrons. The molecule has 0 aliphatic rings. The van der Waals surface area contributed by atoms with Gasteiger partial charge in [0.1, 0.15) is 5.15 Å². The van der Waals surface area contributed by atoms with Gasteiger partial charge >= 0.3 is 0 Å². The Balaban J connectivity index is 2.32. The summed E-state index contributed by atoms with van der Waals surface area (Å²) in [5.74, 6) is 0. The average molecular weight is 277 g/mol. The Morgan fingerprint density at radius 2 is 2.11 bits per heavy atom. The van der Waals surface area contributed by atoms with Crippen LogP contribution in [0.15, 0.2) is 30.6 Å². The quantitative estimate of drug-likeness (QED) is 0.570. The Morgan fingerprint density at radius 1 is 1.42 bits per heavy atom. The number of hydrogen-bond donors (Lipinski definition) is 0. The van der Waals surface area contributed by atoms with E-state index in [-0.39, 0.29) is 5.41 Å². The van der Waals surface area contributed by atoms with Crippen molar-refractivity contribution in [3.05, 3.63) is 41.3 Å². The van der Waals surface area contributed by atoms with E-state index >= 15 is 0 Å². The van der Waals surface area contributed by atoms with Gasteiger partial charge in [-0.25, -0.2) is 4.98 Å². The molecule has 0 radical (unpaired) electrons. The van der Waals surface area contributed by atoms with Gasteiger partial charge in [0.2, 0.25) is 0 Å². The second kappa shape index (κ2) is 5.01. The van der Waals surface area contributed by atoms with Crippen molar-refractivity contribution in [1.82, 2.24) is 9.55 Å². The third-order valence-electron chi connectivity index (χ3n) is 3.11. The lowest BCUT2D eigenvalue weighted by molar-refractivity contribution is 0.402. The zero-order chi connectivity index (χ0) is 14.2. The second-order valence-electron chi connectivity index (χ2n) is 6.42. The molecule has 2 nitrogen and oxygen atoms in total. The van der Waals surface area contributed by atoms with Gasteiger partial charge in [0.15, 0.2) is 0 Å². The molecule has 0 fully saturated rings. The van der Waals surface area contributed by atoms with Crippen LogP contribution in [0.4, 0.5) is 0 Å². The van der Waals surface area contributed by atoms with E-state index < -0.39 is 0 Å². The highest BCUT2D eigenvalue weighted by Crippen LogP contribution is 2.29. The molecule has 0 saturated carbocycles. The maximum atomic E-state index is 6.17. The number of fused-ring (bicyclic) bond motifs is 1. The molecule has 0 spiro atoms. The summed E-state index contributed by atoms with van der Waals surface area (Å²) in [5.41, 5.74) is 3.80. The zero-order valence-electron chi connectivity index (χ0n) is 12.1. The van der Waals surface area contributed by atoms with Crippen LogP contribution in [0, 0.1) is 12.3 Å². The van der Waals surface area contributed by atoms with Gasteiger partial charge in [-0.05, 0) is 30.4 Å². The monoisotopic (exact) mass is 276 g/mol. The average Bonchev–Trinajstić information content (AvgIpc) is 2.54. The number of allylic oxidation sites excluding steroid dienone is 1. The number of rotatable bonds is 3. The van der Waals surface area contributed by atoms with Crippen molar-refractivity contribution in [1.29, 1.82) is 0 Å². The fourth-order valence-corrected chi connectivity index (χ4v) is 2.88. The van der Waals surface area contributed by atoms with Crippen molar-refractivity contribution in [2.75, 3.05) is 0 Å². The molecule has 2 heterocycles. The van der Waals surface area contributed by atoms with Crippen molar-refractivity contribution in [3.8, 4) is 0 Å². The van der Waals surface area contributed by atoms with Crippen LogP contribution in [-0.4, -0.2) is 9.55 Å². The van der Waals surface area contributed by atoms with Crippen molar-refractivity contribution in [3.63, 3.8) is 0 Å². The lowest BCUT2D eigenvalue weighted by atomic mass is 9.88. The van der Waals surface area contributed by atoms with E-state index in [1.54, 1.807) is 6.20 Å². The summed E-state index contributed by atoms with van der Waals surface area (Å²) < 4.78 is 2.21. The first-order chi connectivity index (χ1) is 8.78. The molecule has 0 unspecified atom stereocenters. The molecule has 19 heavy (non-hydrogen) atoms. The van der Waals surface area contributed by atoms with Crippen LogP contribution in [0.3, 0.4) is 0 Å². The molecular formula is C16H21ClN2. The van der Waals surface area contributed by atoms with E-state index in [0.717, 1.165) is 29.4 Å². The molecule has 2 rings (SSSR count). The fourth-order valence-electron chi connectivity index (χ4n) is 2.58. The van der Waals surface area contributed by atoms with E-state index in [9.17, 15) is 0 Å². The maximum absolute atomic E-state index is 6.17. The number of halogens is 1. The summed E-state index contributed by atoms with van der Waals surface area (Å²) in [6.45, 7) is 13.8. The van der Waals surface area contributed by atoms with E-state index in [0.29, 0.717) is 5.15 Å². The van der Waals surface area contributed by atoms with Crippen LogP contribution in [0.5, 0.6) is 0 Å². The van der Waals surface area contributed by atoms with Gasteiger partial charge in [-0.15, -0.1) is 0 Å². The van der Waals surface area contributed by atoms with Crippen LogP contribution < -0.4 is 0 Å². The summed E-state index contributed by atoms with van der Waals surface area (Å²) >= 11 is 6.17.